The average molecular weight is 485 g/mol. The Bertz CT molecular complexity index is 2480. The van der Waals surface area contributed by atoms with E-state index in [-0.39, 0.29) is 0 Å². The highest BCUT2D eigenvalue weighted by atomic mass is 15.1. The average Bonchev–Trinajstić information content (AvgIpc) is 3.69. The third kappa shape index (κ3) is 2.11. The van der Waals surface area contributed by atoms with Gasteiger partial charge < -0.3 is 9.97 Å². The largest absolute Gasteiger partial charge is 0.354 e. The molecule has 0 saturated heterocycles. The van der Waals surface area contributed by atoms with E-state index in [0.29, 0.717) is 0 Å². The summed E-state index contributed by atoms with van der Waals surface area (Å²) in [4.78, 5) is 7.33. The van der Waals surface area contributed by atoms with Crippen molar-refractivity contribution in [1.82, 2.24) is 18.8 Å². The zero-order valence-corrected chi connectivity index (χ0v) is 20.3. The van der Waals surface area contributed by atoms with Crippen molar-refractivity contribution in [2.24, 2.45) is 0 Å². The molecule has 0 atom stereocenters. The topological polar surface area (TPSA) is 40.4 Å². The van der Waals surface area contributed by atoms with E-state index in [2.05, 4.69) is 128 Å². The van der Waals surface area contributed by atoms with E-state index >= 15 is 0 Å². The van der Waals surface area contributed by atoms with Crippen LogP contribution in [0.4, 0.5) is 0 Å². The number of fused-ring (bicyclic) bond motifs is 15. The van der Waals surface area contributed by atoms with Crippen LogP contribution in [-0.4, -0.2) is 18.8 Å². The molecule has 0 bridgehead atoms. The third-order valence-electron chi connectivity index (χ3n) is 8.50. The predicted molar refractivity (Wildman–Crippen MR) is 160 cm³/mol. The summed E-state index contributed by atoms with van der Waals surface area (Å²) in [5.74, 6) is 0. The molecule has 38 heavy (non-hydrogen) atoms. The minimum Gasteiger partial charge on any atom is -0.354 e. The Morgan fingerprint density at radius 1 is 0.447 bits per heavy atom. The van der Waals surface area contributed by atoms with Crippen molar-refractivity contribution >= 4 is 88.6 Å². The van der Waals surface area contributed by atoms with E-state index in [1.807, 2.05) is 0 Å². The summed E-state index contributed by atoms with van der Waals surface area (Å²) in [7, 11) is 0. The van der Waals surface area contributed by atoms with E-state index in [1.165, 1.54) is 87.1 Å². The molecule has 5 heterocycles. The first-order valence-electron chi connectivity index (χ1n) is 13.0. The van der Waals surface area contributed by atoms with Crippen molar-refractivity contribution in [3.63, 3.8) is 0 Å². The highest BCUT2D eigenvalue weighted by Crippen LogP contribution is 2.41. The lowest BCUT2D eigenvalue weighted by molar-refractivity contribution is 1.21. The fourth-order valence-electron chi connectivity index (χ4n) is 6.94. The molecule has 176 valence electrons. The van der Waals surface area contributed by atoms with Crippen molar-refractivity contribution in [2.45, 2.75) is 0 Å². The van der Waals surface area contributed by atoms with Crippen molar-refractivity contribution in [1.29, 1.82) is 0 Å². The molecule has 4 nitrogen and oxygen atoms in total. The van der Waals surface area contributed by atoms with Crippen LogP contribution in [0, 0.1) is 0 Å². The first kappa shape index (κ1) is 19.0. The molecule has 9 aromatic rings. The number of hydrogen-bond donors (Lipinski definition) is 2. The smallest absolute Gasteiger partial charge is 0.131 e. The maximum atomic E-state index is 3.66. The first-order chi connectivity index (χ1) is 18.8. The quantitative estimate of drug-likeness (QED) is 0.235. The zero-order valence-electron chi connectivity index (χ0n) is 20.3. The van der Waals surface area contributed by atoms with Crippen LogP contribution < -0.4 is 10.7 Å². The van der Waals surface area contributed by atoms with E-state index in [1.54, 1.807) is 0 Å². The van der Waals surface area contributed by atoms with Gasteiger partial charge in [-0.15, -0.1) is 0 Å². The van der Waals surface area contributed by atoms with Crippen molar-refractivity contribution < 1.29 is 0 Å². The standard InChI is InChI=1S/C34H20N4/c1-2-4-14-30-29(13-3-1)37-31-17-27-21(19-9-5-7-11-25(19)35-27)15-23(31)33-24-16-22-20-10-6-8-12-26(20)36-28(22)18-32(24)38(30)34(33)37/h1-18,35-36H/b2-1?,3-1-,4-2-,13-3?,14-4?,29-13+,30-14+. The monoisotopic (exact) mass is 484 g/mol. The molecule has 0 unspecified atom stereocenters. The number of nitrogens with one attached hydrogen (secondary N) is 2. The van der Waals surface area contributed by atoms with Crippen LogP contribution in [0.15, 0.2) is 97.1 Å². The van der Waals surface area contributed by atoms with Gasteiger partial charge in [0.2, 0.25) is 0 Å². The van der Waals surface area contributed by atoms with Gasteiger partial charge in [-0.1, -0.05) is 60.7 Å². The van der Waals surface area contributed by atoms with Crippen LogP contribution in [0.2, 0.25) is 0 Å². The summed E-state index contributed by atoms with van der Waals surface area (Å²) in [5, 5.41) is 11.4. The number of imidazole rings is 1. The number of nitrogens with zero attached hydrogens (tertiary/aromatic N) is 2. The molecular weight excluding hydrogens is 464 g/mol. The van der Waals surface area contributed by atoms with Crippen LogP contribution >= 0.6 is 0 Å². The molecule has 0 radical (unpaired) electrons. The Kier molecular flexibility index (Phi) is 3.18. The van der Waals surface area contributed by atoms with Gasteiger partial charge in [0.25, 0.3) is 0 Å². The third-order valence-corrected chi connectivity index (χ3v) is 8.50. The van der Waals surface area contributed by atoms with Crippen LogP contribution in [0.3, 0.4) is 0 Å². The van der Waals surface area contributed by atoms with Crippen LogP contribution in [0.25, 0.3) is 88.6 Å². The highest BCUT2D eigenvalue weighted by molar-refractivity contribution is 6.27. The molecule has 4 heteroatoms. The number of allylic oxidation sites excluding steroid dienone is 4. The second-order valence-electron chi connectivity index (χ2n) is 10.4. The SMILES string of the molecule is C1=C\C=c2/c(n3c4cc5[nH]c6ccccc6c5cc4c4c5cc6c(cc5n2c43)[nH]c2ccccc26)=C\C=C/1. The summed E-state index contributed by atoms with van der Waals surface area (Å²) in [6.07, 6.45) is 13.0. The molecule has 4 aromatic carbocycles. The molecule has 0 aliphatic heterocycles. The predicted octanol–water partition coefficient (Wildman–Crippen LogP) is 6.89. The van der Waals surface area contributed by atoms with Gasteiger partial charge in [-0.3, -0.25) is 8.80 Å². The molecule has 0 spiro atoms. The summed E-state index contributed by atoms with van der Waals surface area (Å²) in [6.45, 7) is 0. The minimum absolute atomic E-state index is 1.17. The number of rotatable bonds is 0. The summed E-state index contributed by atoms with van der Waals surface area (Å²) in [5.41, 5.74) is 8.40. The number of benzene rings is 4. The molecule has 5 aromatic heterocycles. The first-order valence-corrected chi connectivity index (χ1v) is 13.0. The number of aromatic amines is 2. The fraction of sp³-hybridized carbons (Fsp3) is 0. The van der Waals surface area contributed by atoms with E-state index < -0.39 is 0 Å². The van der Waals surface area contributed by atoms with E-state index in [4.69, 9.17) is 0 Å². The van der Waals surface area contributed by atoms with Gasteiger partial charge in [-0.25, -0.2) is 0 Å². The van der Waals surface area contributed by atoms with Crippen molar-refractivity contribution in [2.75, 3.05) is 0 Å². The number of aromatic nitrogens is 4. The van der Waals surface area contributed by atoms with Gasteiger partial charge in [0.15, 0.2) is 0 Å². The molecule has 0 amide bonds. The van der Waals surface area contributed by atoms with Crippen LogP contribution in [-0.2, 0) is 0 Å². The van der Waals surface area contributed by atoms with Gasteiger partial charge in [0.1, 0.15) is 5.65 Å². The fourth-order valence-corrected chi connectivity index (χ4v) is 6.94. The van der Waals surface area contributed by atoms with E-state index in [0.717, 1.165) is 0 Å². The Morgan fingerprint density at radius 2 is 0.947 bits per heavy atom. The minimum atomic E-state index is 1.17. The van der Waals surface area contributed by atoms with Crippen molar-refractivity contribution in [3.05, 3.63) is 108 Å². The van der Waals surface area contributed by atoms with Gasteiger partial charge in [0.05, 0.1) is 21.7 Å². The Hall–Kier alpha value is -5.22. The maximum Gasteiger partial charge on any atom is 0.131 e. The van der Waals surface area contributed by atoms with Gasteiger partial charge in [-0.2, -0.15) is 0 Å². The highest BCUT2D eigenvalue weighted by Gasteiger charge is 2.23. The maximum absolute atomic E-state index is 3.66. The molecule has 1 aliphatic carbocycles. The summed E-state index contributed by atoms with van der Waals surface area (Å²) >= 11 is 0. The van der Waals surface area contributed by atoms with Gasteiger partial charge in [0, 0.05) is 59.8 Å². The number of para-hydroxylation sites is 2. The molecule has 1 aliphatic rings. The molecular formula is C34H20N4. The Morgan fingerprint density at radius 3 is 1.47 bits per heavy atom. The number of hydrogen-bond acceptors (Lipinski definition) is 0. The number of H-pyrrole nitrogens is 2. The zero-order chi connectivity index (χ0) is 24.5. The second-order valence-corrected chi connectivity index (χ2v) is 10.4. The van der Waals surface area contributed by atoms with E-state index in [9.17, 15) is 0 Å². The summed E-state index contributed by atoms with van der Waals surface area (Å²) < 4.78 is 4.91. The summed E-state index contributed by atoms with van der Waals surface area (Å²) in [6, 6.07) is 26.7. The van der Waals surface area contributed by atoms with Crippen molar-refractivity contribution in [3.8, 4) is 0 Å². The molecule has 0 fully saturated rings. The van der Waals surface area contributed by atoms with Gasteiger partial charge in [-0.05, 0) is 48.6 Å². The van der Waals surface area contributed by atoms with Crippen LogP contribution in [0.5, 0.6) is 0 Å². The Labute approximate surface area is 215 Å². The molecule has 2 N–H and O–H groups in total. The lowest BCUT2D eigenvalue weighted by Crippen LogP contribution is -2.29. The molecule has 0 saturated carbocycles. The second kappa shape index (κ2) is 6.36. The lowest BCUT2D eigenvalue weighted by Gasteiger charge is -1.98. The normalized spacial score (nSPS) is 17.5. The molecule has 10 rings (SSSR count). The Balaban J connectivity index is 1.53. The van der Waals surface area contributed by atoms with Crippen LogP contribution in [0.1, 0.15) is 0 Å². The van der Waals surface area contributed by atoms with Gasteiger partial charge >= 0.3 is 0 Å². The lowest BCUT2D eigenvalue weighted by atomic mass is 10.1.